The van der Waals surface area contributed by atoms with Crippen LogP contribution in [0.1, 0.15) is 41.4 Å². The highest BCUT2D eigenvalue weighted by Gasteiger charge is 2.49. The summed E-state index contributed by atoms with van der Waals surface area (Å²) in [6.07, 6.45) is 2.73. The number of amides is 2. The molecule has 1 fully saturated rings. The van der Waals surface area contributed by atoms with Gasteiger partial charge in [0.1, 0.15) is 24.0 Å². The van der Waals surface area contributed by atoms with Crippen LogP contribution >= 0.6 is 0 Å². The number of aromatic nitrogens is 2. The predicted octanol–water partition coefficient (Wildman–Crippen LogP) is 3.47. The Balaban J connectivity index is 1.50. The number of H-pyrrole nitrogens is 1. The number of likely N-dealkylation sites (tertiary alicyclic amines) is 1. The molecule has 0 spiro atoms. The molecule has 0 saturated carbocycles. The Hall–Kier alpha value is -4.09. The number of benzene rings is 2. The SMILES string of the molecule is CC#CCOC1(c2ccccc2C)CN(C(=O)C(Cc2ccc(OC)cc2)NC(=O)CCc2nc[nH]c2C)C1. The van der Waals surface area contributed by atoms with E-state index < -0.39 is 11.6 Å². The number of carbonyl (C=O) groups excluding carboxylic acids is 2. The molecule has 1 aliphatic heterocycles. The molecule has 0 aliphatic carbocycles. The maximum absolute atomic E-state index is 13.8. The molecule has 1 saturated heterocycles. The van der Waals surface area contributed by atoms with Crippen molar-refractivity contribution >= 4 is 11.8 Å². The second-order valence-electron chi connectivity index (χ2n) is 9.87. The Kier molecular flexibility index (Phi) is 9.05. The molecule has 39 heavy (non-hydrogen) atoms. The van der Waals surface area contributed by atoms with E-state index in [1.54, 1.807) is 25.3 Å². The molecule has 0 radical (unpaired) electrons. The van der Waals surface area contributed by atoms with Crippen molar-refractivity contribution in [3.05, 3.63) is 82.9 Å². The third-order valence-electron chi connectivity index (χ3n) is 7.19. The molecule has 8 heteroatoms. The molecule has 204 valence electrons. The van der Waals surface area contributed by atoms with Gasteiger partial charge in [-0.2, -0.15) is 0 Å². The standard InChI is InChI=1S/C31H36N4O4/c1-5-6-17-39-31(26-10-8-7-9-22(26)2)19-35(20-31)30(37)28(18-24-11-13-25(38-4)14-12-24)34-29(36)16-15-27-23(3)32-21-33-27/h7-14,21,28H,15-20H2,1-4H3,(H,32,33)(H,34,36). The second-order valence-corrected chi connectivity index (χ2v) is 9.87. The largest absolute Gasteiger partial charge is 0.497 e. The average Bonchev–Trinajstić information content (AvgIpc) is 3.33. The van der Waals surface area contributed by atoms with Crippen LogP contribution in [0.25, 0.3) is 0 Å². The summed E-state index contributed by atoms with van der Waals surface area (Å²) < 4.78 is 11.5. The van der Waals surface area contributed by atoms with Crippen molar-refractivity contribution in [3.63, 3.8) is 0 Å². The van der Waals surface area contributed by atoms with Gasteiger partial charge in [0.2, 0.25) is 11.8 Å². The lowest BCUT2D eigenvalue weighted by Crippen LogP contribution is -2.66. The van der Waals surface area contributed by atoms with Gasteiger partial charge in [0.15, 0.2) is 0 Å². The number of imidazole rings is 1. The first kappa shape index (κ1) is 27.9. The van der Waals surface area contributed by atoms with Gasteiger partial charge in [-0.3, -0.25) is 9.59 Å². The van der Waals surface area contributed by atoms with Crippen LogP contribution in [-0.2, 0) is 32.8 Å². The second kappa shape index (κ2) is 12.6. The van der Waals surface area contributed by atoms with Crippen molar-refractivity contribution < 1.29 is 19.1 Å². The third kappa shape index (κ3) is 6.68. The van der Waals surface area contributed by atoms with E-state index in [1.807, 2.05) is 62.4 Å². The molecule has 2 N–H and O–H groups in total. The van der Waals surface area contributed by atoms with E-state index in [-0.39, 0.29) is 24.8 Å². The number of nitrogens with zero attached hydrogens (tertiary/aromatic N) is 2. The van der Waals surface area contributed by atoms with E-state index in [2.05, 4.69) is 27.1 Å². The molecule has 2 amide bonds. The number of hydrogen-bond acceptors (Lipinski definition) is 5. The highest BCUT2D eigenvalue weighted by Crippen LogP contribution is 2.38. The Bertz CT molecular complexity index is 1350. The van der Waals surface area contributed by atoms with Gasteiger partial charge >= 0.3 is 0 Å². The van der Waals surface area contributed by atoms with E-state index in [1.165, 1.54) is 0 Å². The van der Waals surface area contributed by atoms with Gasteiger partial charge in [0.05, 0.1) is 32.2 Å². The van der Waals surface area contributed by atoms with Crippen LogP contribution in [-0.4, -0.2) is 59.5 Å². The van der Waals surface area contributed by atoms with Gasteiger partial charge in [-0.05, 0) is 49.6 Å². The van der Waals surface area contributed by atoms with Crippen molar-refractivity contribution in [1.82, 2.24) is 20.2 Å². The van der Waals surface area contributed by atoms with Crippen LogP contribution in [0.15, 0.2) is 54.9 Å². The summed E-state index contributed by atoms with van der Waals surface area (Å²) in [5.74, 6) is 6.26. The first-order chi connectivity index (χ1) is 18.8. The Morgan fingerprint density at radius 1 is 1.15 bits per heavy atom. The first-order valence-electron chi connectivity index (χ1n) is 13.1. The fraction of sp³-hybridized carbons (Fsp3) is 0.387. The van der Waals surface area contributed by atoms with Crippen molar-refractivity contribution in [2.24, 2.45) is 0 Å². The molecule has 1 aromatic heterocycles. The molecule has 3 aromatic rings. The normalized spacial score (nSPS) is 14.5. The summed E-state index contributed by atoms with van der Waals surface area (Å²) >= 11 is 0. The number of rotatable bonds is 11. The Labute approximate surface area is 230 Å². The number of aromatic amines is 1. The molecule has 0 bridgehead atoms. The molecule has 8 nitrogen and oxygen atoms in total. The number of aryl methyl sites for hydroxylation is 3. The molecule has 1 unspecified atom stereocenters. The summed E-state index contributed by atoms with van der Waals surface area (Å²) in [6.45, 7) is 6.82. The van der Waals surface area contributed by atoms with E-state index in [0.717, 1.165) is 33.8 Å². The summed E-state index contributed by atoms with van der Waals surface area (Å²) in [5, 5.41) is 2.99. The Morgan fingerprint density at radius 3 is 2.54 bits per heavy atom. The van der Waals surface area contributed by atoms with E-state index in [0.29, 0.717) is 25.9 Å². The maximum atomic E-state index is 13.8. The van der Waals surface area contributed by atoms with E-state index >= 15 is 0 Å². The zero-order valence-electron chi connectivity index (χ0n) is 23.0. The number of nitrogens with one attached hydrogen (secondary N) is 2. The van der Waals surface area contributed by atoms with Crippen LogP contribution < -0.4 is 10.1 Å². The quantitative estimate of drug-likeness (QED) is 0.372. The zero-order chi connectivity index (χ0) is 27.8. The van der Waals surface area contributed by atoms with Crippen molar-refractivity contribution in [3.8, 4) is 17.6 Å². The minimum Gasteiger partial charge on any atom is -0.497 e. The van der Waals surface area contributed by atoms with Crippen molar-refractivity contribution in [2.75, 3.05) is 26.8 Å². The van der Waals surface area contributed by atoms with Gasteiger partial charge < -0.3 is 24.7 Å². The summed E-state index contributed by atoms with van der Waals surface area (Å²) in [5.41, 5.74) is 4.24. The molecule has 1 atom stereocenters. The predicted molar refractivity (Wildman–Crippen MR) is 149 cm³/mol. The monoisotopic (exact) mass is 528 g/mol. The summed E-state index contributed by atoms with van der Waals surface area (Å²) in [4.78, 5) is 35.8. The molecular weight excluding hydrogens is 492 g/mol. The minimum atomic E-state index is -0.712. The molecule has 4 rings (SSSR count). The van der Waals surface area contributed by atoms with Gasteiger partial charge in [-0.1, -0.05) is 42.3 Å². The van der Waals surface area contributed by atoms with Crippen LogP contribution in [0.5, 0.6) is 5.75 Å². The fourth-order valence-electron chi connectivity index (χ4n) is 4.95. The Morgan fingerprint density at radius 2 is 1.90 bits per heavy atom. The lowest BCUT2D eigenvalue weighted by atomic mass is 9.82. The number of methoxy groups -OCH3 is 1. The number of ether oxygens (including phenoxy) is 2. The molecule has 2 heterocycles. The summed E-state index contributed by atoms with van der Waals surface area (Å²) in [6, 6.07) is 14.9. The van der Waals surface area contributed by atoms with Crippen molar-refractivity contribution in [1.29, 1.82) is 0 Å². The van der Waals surface area contributed by atoms with Crippen LogP contribution in [0, 0.1) is 25.7 Å². The van der Waals surface area contributed by atoms with Crippen LogP contribution in [0.4, 0.5) is 0 Å². The van der Waals surface area contributed by atoms with Gasteiger partial charge in [-0.25, -0.2) is 4.98 Å². The average molecular weight is 529 g/mol. The van der Waals surface area contributed by atoms with Gasteiger partial charge in [0.25, 0.3) is 0 Å². The number of hydrogen-bond donors (Lipinski definition) is 2. The van der Waals surface area contributed by atoms with Crippen LogP contribution in [0.2, 0.25) is 0 Å². The lowest BCUT2D eigenvalue weighted by molar-refractivity contribution is -0.171. The van der Waals surface area contributed by atoms with E-state index in [4.69, 9.17) is 9.47 Å². The smallest absolute Gasteiger partial charge is 0.245 e. The maximum Gasteiger partial charge on any atom is 0.245 e. The van der Waals surface area contributed by atoms with Gasteiger partial charge in [0, 0.05) is 25.0 Å². The van der Waals surface area contributed by atoms with E-state index in [9.17, 15) is 9.59 Å². The lowest BCUT2D eigenvalue weighted by Gasteiger charge is -2.51. The highest BCUT2D eigenvalue weighted by molar-refractivity contribution is 5.88. The fourth-order valence-corrected chi connectivity index (χ4v) is 4.95. The summed E-state index contributed by atoms with van der Waals surface area (Å²) in [7, 11) is 1.61. The molecular formula is C31H36N4O4. The highest BCUT2D eigenvalue weighted by atomic mass is 16.5. The molecule has 1 aliphatic rings. The minimum absolute atomic E-state index is 0.135. The number of carbonyl (C=O) groups is 2. The van der Waals surface area contributed by atoms with Gasteiger partial charge in [-0.15, -0.1) is 5.92 Å². The molecule has 2 aromatic carbocycles. The topological polar surface area (TPSA) is 96.6 Å². The third-order valence-corrected chi connectivity index (χ3v) is 7.19. The first-order valence-corrected chi connectivity index (χ1v) is 13.1. The van der Waals surface area contributed by atoms with Crippen LogP contribution in [0.3, 0.4) is 0 Å². The van der Waals surface area contributed by atoms with Crippen molar-refractivity contribution in [2.45, 2.75) is 51.7 Å². The zero-order valence-corrected chi connectivity index (χ0v) is 23.0.